The third-order valence-electron chi connectivity index (χ3n) is 3.31. The zero-order valence-electron chi connectivity index (χ0n) is 13.0. The number of benzene rings is 1. The molecule has 1 aromatic heterocycles. The maximum atomic E-state index is 5.98. The monoisotopic (exact) mass is 306 g/mol. The highest BCUT2D eigenvalue weighted by molar-refractivity contribution is 7.11. The maximum absolute atomic E-state index is 5.98. The number of aromatic nitrogens is 1. The molecule has 1 unspecified atom stereocenters. The third-order valence-corrected chi connectivity index (χ3v) is 4.58. The molecule has 0 amide bonds. The molecule has 4 nitrogen and oxygen atoms in total. The van der Waals surface area contributed by atoms with Gasteiger partial charge < -0.3 is 15.2 Å². The van der Waals surface area contributed by atoms with Crippen LogP contribution in [0.1, 0.15) is 39.7 Å². The first-order valence-electron chi connectivity index (χ1n) is 6.94. The fraction of sp³-hybridized carbons (Fsp3) is 0.438. The van der Waals surface area contributed by atoms with Gasteiger partial charge in [-0.15, -0.1) is 11.3 Å². The number of ether oxygens (including phenoxy) is 2. The SMILES string of the molecule is COCc1nc(COc2ccc(C)c(C)c2)sc1C(C)N. The molecule has 5 heteroatoms. The van der Waals surface area contributed by atoms with Crippen LogP contribution < -0.4 is 10.5 Å². The summed E-state index contributed by atoms with van der Waals surface area (Å²) in [5.41, 5.74) is 9.38. The van der Waals surface area contributed by atoms with Gasteiger partial charge in [-0.25, -0.2) is 4.98 Å². The Morgan fingerprint density at radius 1 is 1.24 bits per heavy atom. The Morgan fingerprint density at radius 3 is 2.62 bits per heavy atom. The second kappa shape index (κ2) is 7.02. The quantitative estimate of drug-likeness (QED) is 0.887. The van der Waals surface area contributed by atoms with Crippen molar-refractivity contribution in [3.05, 3.63) is 44.9 Å². The Morgan fingerprint density at radius 2 is 2.00 bits per heavy atom. The molecule has 0 aliphatic carbocycles. The number of aryl methyl sites for hydroxylation is 2. The fourth-order valence-corrected chi connectivity index (χ4v) is 2.96. The summed E-state index contributed by atoms with van der Waals surface area (Å²) in [6.45, 7) is 7.07. The van der Waals surface area contributed by atoms with E-state index in [1.54, 1.807) is 18.4 Å². The second-order valence-electron chi connectivity index (χ2n) is 5.17. The van der Waals surface area contributed by atoms with Gasteiger partial charge in [-0.1, -0.05) is 6.07 Å². The number of methoxy groups -OCH3 is 1. The van der Waals surface area contributed by atoms with Gasteiger partial charge in [0.2, 0.25) is 0 Å². The highest BCUT2D eigenvalue weighted by atomic mass is 32.1. The van der Waals surface area contributed by atoms with Crippen molar-refractivity contribution in [2.45, 2.75) is 40.0 Å². The van der Waals surface area contributed by atoms with Gasteiger partial charge in [-0.05, 0) is 44.0 Å². The van der Waals surface area contributed by atoms with Gasteiger partial charge in [-0.2, -0.15) is 0 Å². The standard InChI is InChI=1S/C16H22N2O2S/c1-10-5-6-13(7-11(10)2)20-9-15-18-14(8-19-4)16(21-15)12(3)17/h5-7,12H,8-9,17H2,1-4H3. The number of hydrogen-bond donors (Lipinski definition) is 1. The molecule has 0 saturated heterocycles. The highest BCUT2D eigenvalue weighted by Crippen LogP contribution is 2.26. The normalized spacial score (nSPS) is 12.4. The number of hydrogen-bond acceptors (Lipinski definition) is 5. The summed E-state index contributed by atoms with van der Waals surface area (Å²) in [5.74, 6) is 0.865. The van der Waals surface area contributed by atoms with Crippen LogP contribution in [0.4, 0.5) is 0 Å². The van der Waals surface area contributed by atoms with Gasteiger partial charge in [0.05, 0.1) is 12.3 Å². The summed E-state index contributed by atoms with van der Waals surface area (Å²) < 4.78 is 11.0. The average molecular weight is 306 g/mol. The molecule has 114 valence electrons. The van der Waals surface area contributed by atoms with E-state index in [2.05, 4.69) is 24.9 Å². The van der Waals surface area contributed by atoms with Crippen LogP contribution >= 0.6 is 11.3 Å². The second-order valence-corrected chi connectivity index (χ2v) is 6.29. The minimum absolute atomic E-state index is 0.0389. The number of nitrogens with two attached hydrogens (primary N) is 1. The Bertz CT molecular complexity index is 608. The summed E-state index contributed by atoms with van der Waals surface area (Å²) in [5, 5.41) is 0.924. The molecule has 2 rings (SSSR count). The van der Waals surface area contributed by atoms with Crippen molar-refractivity contribution < 1.29 is 9.47 Å². The number of rotatable bonds is 6. The van der Waals surface area contributed by atoms with Crippen LogP contribution in [-0.4, -0.2) is 12.1 Å². The molecule has 0 fully saturated rings. The summed E-state index contributed by atoms with van der Waals surface area (Å²) >= 11 is 1.59. The Balaban J connectivity index is 2.09. The lowest BCUT2D eigenvalue weighted by atomic mass is 10.1. The predicted molar refractivity (Wildman–Crippen MR) is 85.7 cm³/mol. The highest BCUT2D eigenvalue weighted by Gasteiger charge is 2.14. The van der Waals surface area contributed by atoms with Gasteiger partial charge in [0.15, 0.2) is 0 Å². The molecule has 0 saturated carbocycles. The van der Waals surface area contributed by atoms with Crippen molar-refractivity contribution in [2.75, 3.05) is 7.11 Å². The average Bonchev–Trinajstić information content (AvgIpc) is 2.84. The minimum atomic E-state index is -0.0389. The molecule has 0 bridgehead atoms. The molecule has 0 aliphatic rings. The van der Waals surface area contributed by atoms with E-state index >= 15 is 0 Å². The summed E-state index contributed by atoms with van der Waals surface area (Å²) in [7, 11) is 1.66. The van der Waals surface area contributed by atoms with Gasteiger partial charge in [0.1, 0.15) is 17.4 Å². The van der Waals surface area contributed by atoms with Gasteiger partial charge >= 0.3 is 0 Å². The molecule has 2 aromatic rings. The molecule has 1 atom stereocenters. The van der Waals surface area contributed by atoms with Gasteiger partial charge in [0, 0.05) is 18.0 Å². The number of nitrogens with zero attached hydrogens (tertiary/aromatic N) is 1. The van der Waals surface area contributed by atoms with E-state index < -0.39 is 0 Å². The van der Waals surface area contributed by atoms with Crippen molar-refractivity contribution in [1.29, 1.82) is 0 Å². The topological polar surface area (TPSA) is 57.4 Å². The summed E-state index contributed by atoms with van der Waals surface area (Å²) in [6.07, 6.45) is 0. The van der Waals surface area contributed by atoms with Crippen LogP contribution in [0.25, 0.3) is 0 Å². The van der Waals surface area contributed by atoms with E-state index in [9.17, 15) is 0 Å². The van der Waals surface area contributed by atoms with E-state index in [1.807, 2.05) is 19.1 Å². The maximum Gasteiger partial charge on any atom is 0.140 e. The fourth-order valence-electron chi connectivity index (χ4n) is 2.02. The molecule has 0 radical (unpaired) electrons. The molecular formula is C16H22N2O2S. The molecule has 0 spiro atoms. The van der Waals surface area contributed by atoms with Crippen LogP contribution in [0.15, 0.2) is 18.2 Å². The van der Waals surface area contributed by atoms with E-state index in [4.69, 9.17) is 15.2 Å². The van der Waals surface area contributed by atoms with Crippen LogP contribution in [0, 0.1) is 13.8 Å². The lowest BCUT2D eigenvalue weighted by Crippen LogP contribution is -2.06. The molecule has 1 heterocycles. The smallest absolute Gasteiger partial charge is 0.140 e. The predicted octanol–water partition coefficient (Wildman–Crippen LogP) is 3.51. The largest absolute Gasteiger partial charge is 0.486 e. The molecule has 0 aliphatic heterocycles. The van der Waals surface area contributed by atoms with E-state index in [-0.39, 0.29) is 6.04 Å². The zero-order chi connectivity index (χ0) is 15.4. The molecule has 1 aromatic carbocycles. The van der Waals surface area contributed by atoms with Crippen molar-refractivity contribution in [3.63, 3.8) is 0 Å². The molecular weight excluding hydrogens is 284 g/mol. The lowest BCUT2D eigenvalue weighted by Gasteiger charge is -2.06. The first-order valence-corrected chi connectivity index (χ1v) is 7.76. The molecule has 2 N–H and O–H groups in total. The molecule has 21 heavy (non-hydrogen) atoms. The summed E-state index contributed by atoms with van der Waals surface area (Å²) in [6, 6.07) is 6.06. The van der Waals surface area contributed by atoms with Crippen molar-refractivity contribution in [2.24, 2.45) is 5.73 Å². The van der Waals surface area contributed by atoms with E-state index in [0.29, 0.717) is 13.2 Å². The van der Waals surface area contributed by atoms with Crippen LogP contribution in [0.5, 0.6) is 5.75 Å². The van der Waals surface area contributed by atoms with Crippen molar-refractivity contribution in [1.82, 2.24) is 4.98 Å². The van der Waals surface area contributed by atoms with Crippen LogP contribution in [-0.2, 0) is 18.0 Å². The summed E-state index contributed by atoms with van der Waals surface area (Å²) in [4.78, 5) is 5.63. The van der Waals surface area contributed by atoms with Gasteiger partial charge in [0.25, 0.3) is 0 Å². The Labute approximate surface area is 129 Å². The van der Waals surface area contributed by atoms with E-state index in [0.717, 1.165) is 21.3 Å². The third kappa shape index (κ3) is 4.03. The Kier molecular flexibility index (Phi) is 5.33. The number of thiazole rings is 1. The minimum Gasteiger partial charge on any atom is -0.486 e. The first kappa shape index (κ1) is 15.9. The first-order chi connectivity index (χ1) is 10.0. The van der Waals surface area contributed by atoms with Crippen molar-refractivity contribution >= 4 is 11.3 Å². The van der Waals surface area contributed by atoms with E-state index in [1.165, 1.54) is 11.1 Å². The van der Waals surface area contributed by atoms with Crippen LogP contribution in [0.2, 0.25) is 0 Å². The van der Waals surface area contributed by atoms with Gasteiger partial charge in [-0.3, -0.25) is 0 Å². The Hall–Kier alpha value is -1.43. The van der Waals surface area contributed by atoms with Crippen molar-refractivity contribution in [3.8, 4) is 5.75 Å². The van der Waals surface area contributed by atoms with Crippen LogP contribution in [0.3, 0.4) is 0 Å². The zero-order valence-corrected chi connectivity index (χ0v) is 13.8. The lowest BCUT2D eigenvalue weighted by molar-refractivity contribution is 0.180.